The van der Waals surface area contributed by atoms with E-state index in [4.69, 9.17) is 4.74 Å². The van der Waals surface area contributed by atoms with Crippen LogP contribution >= 0.6 is 0 Å². The van der Waals surface area contributed by atoms with E-state index in [0.717, 1.165) is 24.0 Å². The molecule has 0 saturated carbocycles. The molecule has 4 atom stereocenters. The Morgan fingerprint density at radius 3 is 2.72 bits per heavy atom. The van der Waals surface area contributed by atoms with Gasteiger partial charge in [-0.1, -0.05) is 18.1 Å². The molecule has 3 heteroatoms. The van der Waals surface area contributed by atoms with E-state index < -0.39 is 0 Å². The van der Waals surface area contributed by atoms with Crippen LogP contribution in [0.5, 0.6) is 0 Å². The van der Waals surface area contributed by atoms with E-state index in [-0.39, 0.29) is 35.6 Å². The van der Waals surface area contributed by atoms with Gasteiger partial charge in [0.05, 0.1) is 5.92 Å². The molecule has 1 heterocycles. The predicted molar refractivity (Wildman–Crippen MR) is 66.7 cm³/mol. The second-order valence-electron chi connectivity index (χ2n) is 5.82. The number of esters is 1. The molecule has 0 aromatic carbocycles. The first-order valence-corrected chi connectivity index (χ1v) is 6.63. The number of carbonyl (C=O) groups is 2. The van der Waals surface area contributed by atoms with Crippen molar-refractivity contribution >= 4 is 11.8 Å². The molecule has 0 unspecified atom stereocenters. The Morgan fingerprint density at radius 2 is 2.00 bits per heavy atom. The Hall–Kier alpha value is -1.38. The summed E-state index contributed by atoms with van der Waals surface area (Å²) in [5, 5.41) is 0. The lowest BCUT2D eigenvalue weighted by Gasteiger charge is -2.24. The van der Waals surface area contributed by atoms with Crippen LogP contribution in [0.2, 0.25) is 0 Å². The average molecular weight is 246 g/mol. The highest BCUT2D eigenvalue weighted by Gasteiger charge is 2.50. The molecule has 0 N–H and O–H groups in total. The maximum atomic E-state index is 12.1. The summed E-state index contributed by atoms with van der Waals surface area (Å²) in [6, 6.07) is 0. The summed E-state index contributed by atoms with van der Waals surface area (Å²) in [4.78, 5) is 23.8. The van der Waals surface area contributed by atoms with Crippen molar-refractivity contribution in [1.82, 2.24) is 0 Å². The lowest BCUT2D eigenvalue weighted by atomic mass is 9.81. The van der Waals surface area contributed by atoms with Crippen LogP contribution in [0.1, 0.15) is 33.6 Å². The topological polar surface area (TPSA) is 43.4 Å². The van der Waals surface area contributed by atoms with Gasteiger partial charge in [0.2, 0.25) is 0 Å². The van der Waals surface area contributed by atoms with E-state index in [1.54, 1.807) is 6.08 Å². The van der Waals surface area contributed by atoms with Gasteiger partial charge in [-0.3, -0.25) is 9.59 Å². The van der Waals surface area contributed by atoms with E-state index >= 15 is 0 Å². The minimum absolute atomic E-state index is 0.0129. The molecule has 3 rings (SSSR count). The van der Waals surface area contributed by atoms with Crippen LogP contribution in [-0.2, 0) is 14.3 Å². The lowest BCUT2D eigenvalue weighted by molar-refractivity contribution is -0.144. The van der Waals surface area contributed by atoms with Crippen molar-refractivity contribution in [2.45, 2.75) is 39.7 Å². The van der Waals surface area contributed by atoms with Crippen LogP contribution in [0.25, 0.3) is 0 Å². The number of fused-ring (bicyclic) bond motifs is 3. The van der Waals surface area contributed by atoms with E-state index in [0.29, 0.717) is 0 Å². The fraction of sp³-hybridized carbons (Fsp3) is 0.600. The molecule has 0 bridgehead atoms. The summed E-state index contributed by atoms with van der Waals surface area (Å²) in [6.45, 7) is 5.96. The minimum Gasteiger partial charge on any atom is -0.461 e. The van der Waals surface area contributed by atoms with Gasteiger partial charge in [-0.2, -0.15) is 0 Å². The van der Waals surface area contributed by atoms with Crippen LogP contribution in [0.15, 0.2) is 22.8 Å². The second-order valence-corrected chi connectivity index (χ2v) is 5.82. The number of allylic oxidation sites excluding steroid dienone is 2. The molecule has 96 valence electrons. The van der Waals surface area contributed by atoms with Crippen LogP contribution in [0.4, 0.5) is 0 Å². The lowest BCUT2D eigenvalue weighted by Crippen LogP contribution is -2.28. The van der Waals surface area contributed by atoms with Gasteiger partial charge >= 0.3 is 5.97 Å². The maximum absolute atomic E-state index is 12.1. The van der Waals surface area contributed by atoms with Gasteiger partial charge < -0.3 is 4.74 Å². The zero-order chi connectivity index (χ0) is 13.0. The normalized spacial score (nSPS) is 39.2. The molecule has 1 aliphatic heterocycles. The molecule has 18 heavy (non-hydrogen) atoms. The van der Waals surface area contributed by atoms with Crippen LogP contribution in [-0.4, -0.2) is 17.9 Å². The smallest absolute Gasteiger partial charge is 0.309 e. The third kappa shape index (κ3) is 1.43. The molecule has 2 aliphatic carbocycles. The van der Waals surface area contributed by atoms with Gasteiger partial charge in [-0.05, 0) is 32.8 Å². The molecule has 0 aromatic heterocycles. The van der Waals surface area contributed by atoms with E-state index in [9.17, 15) is 9.59 Å². The highest BCUT2D eigenvalue weighted by atomic mass is 16.6. The fourth-order valence-electron chi connectivity index (χ4n) is 3.69. The standard InChI is InChI=1S/C15H18O3/c1-7-4-5-10-9(3)15(17)18-14(10)13-8(2)6-11(16)12(7)13/h6,9-10,13-14H,4-5H2,1-3H3/t9-,10-,13-,14+/m0/s1. The maximum Gasteiger partial charge on any atom is 0.309 e. The van der Waals surface area contributed by atoms with E-state index in [2.05, 4.69) is 0 Å². The Kier molecular flexibility index (Phi) is 2.47. The van der Waals surface area contributed by atoms with Gasteiger partial charge in [0.25, 0.3) is 0 Å². The minimum atomic E-state index is -0.123. The molecular formula is C15H18O3. The largest absolute Gasteiger partial charge is 0.461 e. The fourth-order valence-corrected chi connectivity index (χ4v) is 3.69. The molecular weight excluding hydrogens is 228 g/mol. The number of ether oxygens (including phenoxy) is 1. The van der Waals surface area contributed by atoms with Crippen molar-refractivity contribution in [1.29, 1.82) is 0 Å². The monoisotopic (exact) mass is 246 g/mol. The summed E-state index contributed by atoms with van der Waals surface area (Å²) in [5.41, 5.74) is 3.12. The molecule has 1 fully saturated rings. The Morgan fingerprint density at radius 1 is 1.28 bits per heavy atom. The first-order valence-electron chi connectivity index (χ1n) is 6.63. The first kappa shape index (κ1) is 11.7. The third-order valence-corrected chi connectivity index (χ3v) is 4.76. The van der Waals surface area contributed by atoms with Crippen molar-refractivity contribution in [2.24, 2.45) is 17.8 Å². The highest BCUT2D eigenvalue weighted by molar-refractivity contribution is 6.09. The first-order chi connectivity index (χ1) is 8.50. The second kappa shape index (κ2) is 3.81. The zero-order valence-corrected chi connectivity index (χ0v) is 11.0. The van der Waals surface area contributed by atoms with E-state index in [1.165, 1.54) is 5.57 Å². The molecule has 0 aromatic rings. The summed E-state index contributed by atoms with van der Waals surface area (Å²) in [7, 11) is 0. The number of ketones is 1. The Balaban J connectivity index is 2.07. The molecule has 0 spiro atoms. The number of hydrogen-bond acceptors (Lipinski definition) is 3. The van der Waals surface area contributed by atoms with Gasteiger partial charge in [0.15, 0.2) is 5.78 Å². The van der Waals surface area contributed by atoms with Gasteiger partial charge in [0.1, 0.15) is 6.10 Å². The van der Waals surface area contributed by atoms with Crippen LogP contribution in [0, 0.1) is 17.8 Å². The average Bonchev–Trinajstić information content (AvgIpc) is 2.68. The van der Waals surface area contributed by atoms with Crippen molar-refractivity contribution in [3.8, 4) is 0 Å². The summed E-state index contributed by atoms with van der Waals surface area (Å²) >= 11 is 0. The van der Waals surface area contributed by atoms with Crippen molar-refractivity contribution in [2.75, 3.05) is 0 Å². The summed E-state index contributed by atoms with van der Waals surface area (Å²) in [5.74, 6) is 0.246. The van der Waals surface area contributed by atoms with Gasteiger partial charge in [-0.25, -0.2) is 0 Å². The van der Waals surface area contributed by atoms with Crippen LogP contribution < -0.4 is 0 Å². The van der Waals surface area contributed by atoms with Crippen molar-refractivity contribution in [3.05, 3.63) is 22.8 Å². The highest BCUT2D eigenvalue weighted by Crippen LogP contribution is 2.47. The molecule has 0 amide bonds. The predicted octanol–water partition coefficient (Wildman–Crippen LogP) is 2.42. The Bertz CT molecular complexity index is 498. The van der Waals surface area contributed by atoms with Crippen LogP contribution in [0.3, 0.4) is 0 Å². The SMILES string of the molecule is CC1=CC(=O)C2=C(C)CC[C@@H]3[C@@H](OC(=O)[C@H]3C)[C@@H]12. The van der Waals surface area contributed by atoms with Crippen molar-refractivity contribution < 1.29 is 14.3 Å². The molecule has 3 aliphatic rings. The third-order valence-electron chi connectivity index (χ3n) is 4.76. The van der Waals surface area contributed by atoms with Crippen molar-refractivity contribution in [3.63, 3.8) is 0 Å². The summed E-state index contributed by atoms with van der Waals surface area (Å²) in [6.07, 6.45) is 3.44. The molecule has 1 saturated heterocycles. The zero-order valence-electron chi connectivity index (χ0n) is 11.0. The quantitative estimate of drug-likeness (QED) is 0.616. The van der Waals surface area contributed by atoms with Gasteiger partial charge in [0, 0.05) is 17.4 Å². The Labute approximate surface area is 107 Å². The molecule has 3 nitrogen and oxygen atoms in total. The molecule has 0 radical (unpaired) electrons. The number of rotatable bonds is 0. The number of hydrogen-bond donors (Lipinski definition) is 0. The number of carbonyl (C=O) groups excluding carboxylic acids is 2. The van der Waals surface area contributed by atoms with Gasteiger partial charge in [-0.15, -0.1) is 0 Å². The van der Waals surface area contributed by atoms with E-state index in [1.807, 2.05) is 20.8 Å². The summed E-state index contributed by atoms with van der Waals surface area (Å²) < 4.78 is 5.57.